The lowest BCUT2D eigenvalue weighted by Gasteiger charge is -2.31. The SMILES string of the molecule is c1ccc(-c2ccc(N(c3ccc(-c4ccccc4)cc3)c3ccc4c(c3)-c3c(cc5sc6ccccc6c5c3-c3ccccc3)C43c4ccccc4-c4ccccc43)cc2)cc1. The van der Waals surface area contributed by atoms with E-state index in [2.05, 4.69) is 241 Å². The Bertz CT molecular complexity index is 3400. The highest BCUT2D eigenvalue weighted by Crippen LogP contribution is 2.66. The summed E-state index contributed by atoms with van der Waals surface area (Å²) in [6, 6.07) is 87.7. The lowest BCUT2D eigenvalue weighted by Crippen LogP contribution is -2.26. The molecule has 0 saturated heterocycles. The van der Waals surface area contributed by atoms with E-state index in [9.17, 15) is 0 Å². The minimum absolute atomic E-state index is 0.496. The van der Waals surface area contributed by atoms with Gasteiger partial charge in [-0.2, -0.15) is 0 Å². The molecule has 1 spiro atoms. The van der Waals surface area contributed by atoms with Gasteiger partial charge in [0.2, 0.25) is 0 Å². The quantitative estimate of drug-likeness (QED) is 0.162. The van der Waals surface area contributed by atoms with Crippen molar-refractivity contribution in [2.75, 3.05) is 4.90 Å². The molecule has 0 amide bonds. The lowest BCUT2D eigenvalue weighted by atomic mass is 9.70. The predicted molar refractivity (Wildman–Crippen MR) is 267 cm³/mol. The number of nitrogens with zero attached hydrogens (tertiary/aromatic N) is 1. The van der Waals surface area contributed by atoms with E-state index in [1.807, 2.05) is 11.3 Å². The summed E-state index contributed by atoms with van der Waals surface area (Å²) in [5, 5.41) is 2.64. The van der Waals surface area contributed by atoms with E-state index in [4.69, 9.17) is 0 Å². The number of benzene rings is 10. The standard InChI is InChI=1S/C61H39NS/c1-4-16-40(17-5-1)42-28-32-45(33-29-42)62(46-34-30-43(31-35-46)41-18-6-2-7-19-41)47-36-37-54-51(38-47)59-55(61(54)52-25-13-10-22-48(52)49-23-11-14-26-53(49)61)39-57-60(50-24-12-15-27-56(50)63-57)58(59)44-20-8-3-9-21-44/h1-39H. The molecular formula is C61H39NS. The van der Waals surface area contributed by atoms with Crippen molar-refractivity contribution in [3.05, 3.63) is 259 Å². The number of hydrogen-bond donors (Lipinski definition) is 0. The van der Waals surface area contributed by atoms with Gasteiger partial charge in [-0.3, -0.25) is 0 Å². The minimum atomic E-state index is -0.496. The van der Waals surface area contributed by atoms with Gasteiger partial charge in [0.05, 0.1) is 5.41 Å². The maximum Gasteiger partial charge on any atom is 0.0726 e. The third kappa shape index (κ3) is 5.35. The summed E-state index contributed by atoms with van der Waals surface area (Å²) in [5.41, 5.74) is 20.8. The molecule has 1 nitrogen and oxygen atoms in total. The Morgan fingerprint density at radius 1 is 0.302 bits per heavy atom. The van der Waals surface area contributed by atoms with Gasteiger partial charge in [0, 0.05) is 37.2 Å². The van der Waals surface area contributed by atoms with Gasteiger partial charge in [-0.05, 0) is 126 Å². The monoisotopic (exact) mass is 817 g/mol. The fraction of sp³-hybridized carbons (Fsp3) is 0.0164. The molecule has 0 fully saturated rings. The molecule has 0 radical (unpaired) electrons. The Labute approximate surface area is 371 Å². The normalized spacial score (nSPS) is 12.9. The summed E-state index contributed by atoms with van der Waals surface area (Å²) in [4.78, 5) is 2.44. The predicted octanol–water partition coefficient (Wildman–Crippen LogP) is 16.9. The third-order valence-corrected chi connectivity index (χ3v) is 14.6. The van der Waals surface area contributed by atoms with Gasteiger partial charge in [-0.25, -0.2) is 0 Å². The zero-order valence-corrected chi connectivity index (χ0v) is 35.2. The van der Waals surface area contributed by atoms with E-state index in [1.165, 1.54) is 98.1 Å². The van der Waals surface area contributed by atoms with Gasteiger partial charge in [0.1, 0.15) is 0 Å². The molecule has 11 aromatic rings. The number of anilines is 3. The second-order valence-corrected chi connectivity index (χ2v) is 17.8. The van der Waals surface area contributed by atoms with Gasteiger partial charge in [-0.1, -0.05) is 188 Å². The Balaban J connectivity index is 1.11. The van der Waals surface area contributed by atoms with Crippen LogP contribution in [0.3, 0.4) is 0 Å². The van der Waals surface area contributed by atoms with Crippen LogP contribution >= 0.6 is 11.3 Å². The van der Waals surface area contributed by atoms with Crippen molar-refractivity contribution < 1.29 is 0 Å². The number of fused-ring (bicyclic) bond motifs is 13. The van der Waals surface area contributed by atoms with Crippen molar-refractivity contribution in [2.24, 2.45) is 0 Å². The molecule has 0 aliphatic heterocycles. The zero-order valence-electron chi connectivity index (χ0n) is 34.4. The largest absolute Gasteiger partial charge is 0.310 e. The van der Waals surface area contributed by atoms with Crippen LogP contribution < -0.4 is 4.90 Å². The molecule has 0 atom stereocenters. The van der Waals surface area contributed by atoms with Gasteiger partial charge in [0.25, 0.3) is 0 Å². The molecule has 10 aromatic carbocycles. The van der Waals surface area contributed by atoms with Crippen LogP contribution in [0.4, 0.5) is 17.1 Å². The Hall–Kier alpha value is -7.78. The second-order valence-electron chi connectivity index (χ2n) is 16.7. The average Bonchev–Trinajstić information content (AvgIpc) is 3.98. The van der Waals surface area contributed by atoms with Crippen LogP contribution in [0, 0.1) is 0 Å². The van der Waals surface area contributed by atoms with Crippen LogP contribution in [-0.2, 0) is 5.41 Å². The molecule has 294 valence electrons. The van der Waals surface area contributed by atoms with Gasteiger partial charge in [-0.15, -0.1) is 11.3 Å². The van der Waals surface area contributed by atoms with Crippen molar-refractivity contribution in [2.45, 2.75) is 5.41 Å². The van der Waals surface area contributed by atoms with Crippen LogP contribution in [0.1, 0.15) is 22.3 Å². The molecule has 0 unspecified atom stereocenters. The van der Waals surface area contributed by atoms with Crippen LogP contribution in [0.5, 0.6) is 0 Å². The maximum absolute atomic E-state index is 2.56. The fourth-order valence-corrected chi connectivity index (χ4v) is 12.0. The van der Waals surface area contributed by atoms with Crippen LogP contribution in [0.25, 0.3) is 75.8 Å². The molecule has 1 heterocycles. The minimum Gasteiger partial charge on any atom is -0.310 e. The van der Waals surface area contributed by atoms with E-state index in [-0.39, 0.29) is 0 Å². The topological polar surface area (TPSA) is 3.24 Å². The zero-order chi connectivity index (χ0) is 41.5. The van der Waals surface area contributed by atoms with Crippen LogP contribution in [-0.4, -0.2) is 0 Å². The highest BCUT2D eigenvalue weighted by atomic mass is 32.1. The van der Waals surface area contributed by atoms with Crippen molar-refractivity contribution in [3.63, 3.8) is 0 Å². The molecule has 0 saturated carbocycles. The van der Waals surface area contributed by atoms with Crippen LogP contribution in [0.15, 0.2) is 237 Å². The summed E-state index contributed by atoms with van der Waals surface area (Å²) < 4.78 is 2.63. The molecule has 1 aromatic heterocycles. The first kappa shape index (κ1) is 35.9. The summed E-state index contributed by atoms with van der Waals surface area (Å²) in [7, 11) is 0. The second kappa shape index (κ2) is 14.1. The summed E-state index contributed by atoms with van der Waals surface area (Å²) in [6.07, 6.45) is 0. The number of rotatable bonds is 6. The van der Waals surface area contributed by atoms with Crippen molar-refractivity contribution in [1.29, 1.82) is 0 Å². The molecule has 0 bridgehead atoms. The van der Waals surface area contributed by atoms with E-state index < -0.39 is 5.41 Å². The average molecular weight is 818 g/mol. The first-order valence-corrected chi connectivity index (χ1v) is 22.6. The smallest absolute Gasteiger partial charge is 0.0726 e. The Morgan fingerprint density at radius 2 is 0.762 bits per heavy atom. The summed E-state index contributed by atoms with van der Waals surface area (Å²) in [5.74, 6) is 0. The lowest BCUT2D eigenvalue weighted by molar-refractivity contribution is 0.795. The van der Waals surface area contributed by atoms with E-state index in [0.29, 0.717) is 0 Å². The molecule has 0 N–H and O–H groups in total. The molecular weight excluding hydrogens is 779 g/mol. The highest BCUT2D eigenvalue weighted by Gasteiger charge is 2.52. The Kier molecular flexibility index (Phi) is 8.06. The number of thiophene rings is 1. The van der Waals surface area contributed by atoms with Gasteiger partial charge < -0.3 is 4.90 Å². The molecule has 13 rings (SSSR count). The molecule has 63 heavy (non-hydrogen) atoms. The van der Waals surface area contributed by atoms with Crippen molar-refractivity contribution in [3.8, 4) is 55.6 Å². The third-order valence-electron chi connectivity index (χ3n) is 13.5. The van der Waals surface area contributed by atoms with E-state index >= 15 is 0 Å². The first-order chi connectivity index (χ1) is 31.3. The van der Waals surface area contributed by atoms with Crippen molar-refractivity contribution in [1.82, 2.24) is 0 Å². The molecule has 2 heteroatoms. The maximum atomic E-state index is 2.56. The molecule has 2 aliphatic rings. The Morgan fingerprint density at radius 3 is 1.35 bits per heavy atom. The fourth-order valence-electron chi connectivity index (χ4n) is 10.8. The van der Waals surface area contributed by atoms with E-state index in [1.54, 1.807) is 0 Å². The summed E-state index contributed by atoms with van der Waals surface area (Å²) >= 11 is 1.91. The highest BCUT2D eigenvalue weighted by molar-refractivity contribution is 7.26. The van der Waals surface area contributed by atoms with Crippen LogP contribution in [0.2, 0.25) is 0 Å². The van der Waals surface area contributed by atoms with Gasteiger partial charge in [0.15, 0.2) is 0 Å². The van der Waals surface area contributed by atoms with E-state index in [0.717, 1.165) is 17.1 Å². The van der Waals surface area contributed by atoms with Crippen molar-refractivity contribution >= 4 is 48.6 Å². The summed E-state index contributed by atoms with van der Waals surface area (Å²) in [6.45, 7) is 0. The first-order valence-electron chi connectivity index (χ1n) is 21.8. The number of hydrogen-bond acceptors (Lipinski definition) is 2. The van der Waals surface area contributed by atoms with Gasteiger partial charge >= 0.3 is 0 Å². The molecule has 2 aliphatic carbocycles.